The quantitative estimate of drug-likeness (QED) is 0.854. The summed E-state index contributed by atoms with van der Waals surface area (Å²) in [6, 6.07) is 5.79. The molecule has 3 rings (SSSR count). The van der Waals surface area contributed by atoms with Crippen LogP contribution in [0.2, 0.25) is 0 Å². The number of aromatic nitrogens is 2. The van der Waals surface area contributed by atoms with Gasteiger partial charge in [-0.2, -0.15) is 0 Å². The van der Waals surface area contributed by atoms with Gasteiger partial charge in [-0.25, -0.2) is 4.98 Å². The summed E-state index contributed by atoms with van der Waals surface area (Å²) in [6.07, 6.45) is 3.15. The lowest BCUT2D eigenvalue weighted by Gasteiger charge is -2.28. The minimum Gasteiger partial charge on any atom is -0.468 e. The fourth-order valence-corrected chi connectivity index (χ4v) is 3.39. The fourth-order valence-electron chi connectivity index (χ4n) is 2.35. The summed E-state index contributed by atoms with van der Waals surface area (Å²) in [5.74, 6) is -0.461. The highest BCUT2D eigenvalue weighted by Gasteiger charge is 2.46. The van der Waals surface area contributed by atoms with Crippen LogP contribution in [0, 0.1) is 6.92 Å². The van der Waals surface area contributed by atoms with E-state index in [1.165, 1.54) is 18.9 Å². The molecule has 0 saturated heterocycles. The van der Waals surface area contributed by atoms with Crippen LogP contribution in [0.25, 0.3) is 11.0 Å². The Morgan fingerprint density at radius 3 is 3.10 bits per heavy atom. The molecule has 0 saturated carbocycles. The van der Waals surface area contributed by atoms with Crippen molar-refractivity contribution >= 4 is 28.8 Å². The summed E-state index contributed by atoms with van der Waals surface area (Å²) in [5.41, 5.74) is 1.17. The van der Waals surface area contributed by atoms with Crippen LogP contribution in [0.1, 0.15) is 5.56 Å². The average Bonchev–Trinajstić information content (AvgIpc) is 3.02. The van der Waals surface area contributed by atoms with E-state index < -0.39 is 16.9 Å². The van der Waals surface area contributed by atoms with Gasteiger partial charge in [-0.1, -0.05) is 6.07 Å². The largest absolute Gasteiger partial charge is 0.468 e. The van der Waals surface area contributed by atoms with Gasteiger partial charge in [0.2, 0.25) is 0 Å². The Balaban J connectivity index is 2.15. The normalized spacial score (nSPS) is 25.2. The Morgan fingerprint density at radius 1 is 1.55 bits per heavy atom. The first kappa shape index (κ1) is 13.2. The van der Waals surface area contributed by atoms with Crippen molar-refractivity contribution in [3.05, 3.63) is 41.6 Å². The van der Waals surface area contributed by atoms with Crippen LogP contribution in [0.4, 0.5) is 0 Å². The van der Waals surface area contributed by atoms with E-state index in [0.29, 0.717) is 0 Å². The van der Waals surface area contributed by atoms with Gasteiger partial charge in [0.05, 0.1) is 24.5 Å². The fraction of sp³-hybridized carbons (Fsp3) is 0.286. The van der Waals surface area contributed by atoms with Crippen LogP contribution in [-0.4, -0.2) is 33.0 Å². The molecule has 0 amide bonds. The number of hydrogen-bond acceptors (Lipinski definition) is 5. The molecule has 0 fully saturated rings. The number of aliphatic hydroxyl groups is 1. The van der Waals surface area contributed by atoms with Gasteiger partial charge in [0.25, 0.3) is 0 Å². The maximum absolute atomic E-state index is 11.9. The van der Waals surface area contributed by atoms with Crippen molar-refractivity contribution in [2.75, 3.05) is 7.11 Å². The van der Waals surface area contributed by atoms with Gasteiger partial charge >= 0.3 is 5.97 Å². The second kappa shape index (κ2) is 4.64. The number of ether oxygens (including phenoxy) is 1. The van der Waals surface area contributed by atoms with Crippen LogP contribution in [0.15, 0.2) is 36.0 Å². The van der Waals surface area contributed by atoms with Gasteiger partial charge in [-0.3, -0.25) is 9.36 Å². The molecule has 1 aliphatic heterocycles. The minimum atomic E-state index is -1.46. The number of aryl methyl sites for hydroxylation is 1. The Morgan fingerprint density at radius 2 is 2.35 bits per heavy atom. The molecule has 104 valence electrons. The molecule has 2 unspecified atom stereocenters. The van der Waals surface area contributed by atoms with E-state index in [4.69, 9.17) is 4.74 Å². The zero-order chi connectivity index (χ0) is 14.3. The molecule has 20 heavy (non-hydrogen) atoms. The minimum absolute atomic E-state index is 0.461. The van der Waals surface area contributed by atoms with Crippen LogP contribution in [-0.2, 0) is 15.3 Å². The summed E-state index contributed by atoms with van der Waals surface area (Å²) < 4.78 is 6.39. The number of hydrogen-bond donors (Lipinski definition) is 1. The summed E-state index contributed by atoms with van der Waals surface area (Å²) in [5, 5.41) is 11.9. The summed E-state index contributed by atoms with van der Waals surface area (Å²) in [4.78, 5) is 16.1. The van der Waals surface area contributed by atoms with Crippen LogP contribution < -0.4 is 0 Å². The van der Waals surface area contributed by atoms with E-state index in [1.54, 1.807) is 22.4 Å². The highest BCUT2D eigenvalue weighted by Crippen LogP contribution is 2.39. The lowest BCUT2D eigenvalue weighted by molar-refractivity contribution is -0.145. The summed E-state index contributed by atoms with van der Waals surface area (Å²) in [6.45, 7) is 1.97. The van der Waals surface area contributed by atoms with Crippen LogP contribution in [0.3, 0.4) is 0 Å². The number of thioether (sulfide) groups is 1. The molecule has 1 aliphatic rings. The van der Waals surface area contributed by atoms with Gasteiger partial charge in [0, 0.05) is 0 Å². The van der Waals surface area contributed by atoms with Gasteiger partial charge in [-0.05, 0) is 36.1 Å². The first-order valence-electron chi connectivity index (χ1n) is 6.14. The first-order valence-corrected chi connectivity index (χ1v) is 7.08. The van der Waals surface area contributed by atoms with E-state index in [9.17, 15) is 9.90 Å². The predicted molar refractivity (Wildman–Crippen MR) is 77.2 cm³/mol. The molecular formula is C14H14N2O3S. The number of benzene rings is 1. The zero-order valence-corrected chi connectivity index (χ0v) is 11.9. The molecule has 2 atom stereocenters. The smallest absolute Gasteiger partial charge is 0.324 e. The third-order valence-electron chi connectivity index (χ3n) is 3.42. The lowest BCUT2D eigenvalue weighted by atomic mass is 10.1. The van der Waals surface area contributed by atoms with Gasteiger partial charge in [0.1, 0.15) is 0 Å². The second-order valence-electron chi connectivity index (χ2n) is 4.73. The van der Waals surface area contributed by atoms with Crippen molar-refractivity contribution in [2.24, 2.45) is 0 Å². The molecule has 0 aliphatic carbocycles. The number of esters is 1. The number of rotatable bonds is 2. The van der Waals surface area contributed by atoms with Gasteiger partial charge in [0.15, 0.2) is 11.0 Å². The Bertz CT molecular complexity index is 710. The van der Waals surface area contributed by atoms with Crippen molar-refractivity contribution in [1.82, 2.24) is 9.55 Å². The number of carbonyl (C=O) groups excluding carboxylic acids is 1. The molecule has 5 nitrogen and oxygen atoms in total. The average molecular weight is 290 g/mol. The second-order valence-corrected chi connectivity index (χ2v) is 5.75. The van der Waals surface area contributed by atoms with Crippen molar-refractivity contribution in [3.8, 4) is 0 Å². The van der Waals surface area contributed by atoms with Crippen molar-refractivity contribution in [3.63, 3.8) is 0 Å². The highest BCUT2D eigenvalue weighted by molar-refractivity contribution is 8.03. The Hall–Kier alpha value is -1.79. The molecule has 1 N–H and O–H groups in total. The van der Waals surface area contributed by atoms with Crippen LogP contribution in [0.5, 0.6) is 0 Å². The monoisotopic (exact) mass is 290 g/mol. The molecule has 6 heteroatoms. The molecule has 0 radical (unpaired) electrons. The molecule has 1 aromatic carbocycles. The topological polar surface area (TPSA) is 64.3 Å². The lowest BCUT2D eigenvalue weighted by Crippen LogP contribution is -2.43. The highest BCUT2D eigenvalue weighted by atomic mass is 32.2. The van der Waals surface area contributed by atoms with Gasteiger partial charge < -0.3 is 9.84 Å². The Kier molecular flexibility index (Phi) is 3.07. The van der Waals surface area contributed by atoms with Crippen LogP contribution >= 0.6 is 11.8 Å². The van der Waals surface area contributed by atoms with Gasteiger partial charge in [-0.15, -0.1) is 11.8 Å². The maximum Gasteiger partial charge on any atom is 0.324 e. The Labute approximate surface area is 120 Å². The molecular weight excluding hydrogens is 276 g/mol. The number of fused-ring (bicyclic) bond motifs is 1. The molecule has 0 spiro atoms. The van der Waals surface area contributed by atoms with E-state index >= 15 is 0 Å². The number of methoxy groups -OCH3 is 1. The third-order valence-corrected chi connectivity index (χ3v) is 4.52. The number of carbonyl (C=O) groups is 1. The maximum atomic E-state index is 11.9. The predicted octanol–water partition coefficient (Wildman–Crippen LogP) is 1.79. The van der Waals surface area contributed by atoms with E-state index in [1.807, 2.05) is 25.1 Å². The SMILES string of the molecule is COC(=O)C1SC=CC1(O)n1cnc2ccc(C)cc21. The number of imidazole rings is 1. The summed E-state index contributed by atoms with van der Waals surface area (Å²) >= 11 is 1.24. The standard InChI is InChI=1S/C14H14N2O3S/c1-9-3-4-10-11(7-9)16(8-15-10)14(18)5-6-20-12(14)13(17)19-2/h3-8,12,18H,1-2H3. The molecule has 0 bridgehead atoms. The first-order chi connectivity index (χ1) is 9.56. The van der Waals surface area contributed by atoms with Crippen molar-refractivity contribution in [2.45, 2.75) is 17.9 Å². The van der Waals surface area contributed by atoms with E-state index in [2.05, 4.69) is 4.98 Å². The van der Waals surface area contributed by atoms with Crippen molar-refractivity contribution < 1.29 is 14.6 Å². The van der Waals surface area contributed by atoms with E-state index in [-0.39, 0.29) is 0 Å². The molecule has 2 heterocycles. The molecule has 1 aromatic heterocycles. The van der Waals surface area contributed by atoms with Crippen molar-refractivity contribution in [1.29, 1.82) is 0 Å². The zero-order valence-electron chi connectivity index (χ0n) is 11.1. The number of nitrogens with zero attached hydrogens (tertiary/aromatic N) is 2. The third kappa shape index (κ3) is 1.83. The summed E-state index contributed by atoms with van der Waals surface area (Å²) in [7, 11) is 1.32. The van der Waals surface area contributed by atoms with E-state index in [0.717, 1.165) is 16.6 Å². The molecule has 2 aromatic rings.